The van der Waals surface area contributed by atoms with Gasteiger partial charge in [0.2, 0.25) is 0 Å². The lowest BCUT2D eigenvalue weighted by molar-refractivity contribution is 0.206. The zero-order valence-electron chi connectivity index (χ0n) is 16.2. The van der Waals surface area contributed by atoms with Crippen LogP contribution in [0.4, 0.5) is 5.13 Å². The molecule has 0 unspecified atom stereocenters. The molecule has 1 aromatic heterocycles. The summed E-state index contributed by atoms with van der Waals surface area (Å²) < 4.78 is 1.22. The van der Waals surface area contributed by atoms with Gasteiger partial charge in [0.25, 0.3) is 0 Å². The number of guanidine groups is 1. The number of nitrogens with zero attached hydrogens (tertiary/aromatic N) is 3. The van der Waals surface area contributed by atoms with Gasteiger partial charge in [-0.15, -0.1) is 24.0 Å². The molecule has 2 heterocycles. The highest BCUT2D eigenvalue weighted by atomic mass is 127. The fourth-order valence-electron chi connectivity index (χ4n) is 3.30. The van der Waals surface area contributed by atoms with Crippen LogP contribution in [0.25, 0.3) is 10.2 Å². The Kier molecular flexibility index (Phi) is 9.57. The fraction of sp³-hybridized carbons (Fsp3) is 0.579. The molecule has 1 aromatic carbocycles. The van der Waals surface area contributed by atoms with Crippen LogP contribution in [0.5, 0.6) is 0 Å². The molecule has 0 saturated carbocycles. The summed E-state index contributed by atoms with van der Waals surface area (Å²) in [5.74, 6) is 0.894. The van der Waals surface area contributed by atoms with Crippen molar-refractivity contribution in [3.05, 3.63) is 24.3 Å². The minimum atomic E-state index is 0. The van der Waals surface area contributed by atoms with Crippen molar-refractivity contribution >= 4 is 56.6 Å². The van der Waals surface area contributed by atoms with Gasteiger partial charge in [-0.05, 0) is 37.9 Å². The number of thiazole rings is 1. The first kappa shape index (κ1) is 22.2. The number of nitrogens with one attached hydrogen (secondary N) is 3. The van der Waals surface area contributed by atoms with Gasteiger partial charge >= 0.3 is 0 Å². The number of piperidine rings is 1. The molecule has 27 heavy (non-hydrogen) atoms. The van der Waals surface area contributed by atoms with E-state index in [0.29, 0.717) is 6.04 Å². The van der Waals surface area contributed by atoms with Gasteiger partial charge in [0.1, 0.15) is 0 Å². The second-order valence-corrected chi connectivity index (χ2v) is 7.70. The lowest BCUT2D eigenvalue weighted by Crippen LogP contribution is -2.49. The molecular weight excluding hydrogens is 471 g/mol. The van der Waals surface area contributed by atoms with E-state index in [2.05, 4.69) is 43.8 Å². The molecule has 0 amide bonds. The number of fused-ring (bicyclic) bond motifs is 1. The number of hydrogen-bond acceptors (Lipinski definition) is 5. The van der Waals surface area contributed by atoms with E-state index in [1.807, 2.05) is 25.2 Å². The average molecular weight is 502 g/mol. The summed E-state index contributed by atoms with van der Waals surface area (Å²) in [6, 6.07) is 8.75. The number of rotatable bonds is 7. The molecule has 0 atom stereocenters. The van der Waals surface area contributed by atoms with Gasteiger partial charge in [-0.25, -0.2) is 4.98 Å². The molecule has 1 aliphatic heterocycles. The summed E-state index contributed by atoms with van der Waals surface area (Å²) in [6.07, 6.45) is 3.61. The van der Waals surface area contributed by atoms with E-state index in [9.17, 15) is 0 Å². The molecule has 0 bridgehead atoms. The van der Waals surface area contributed by atoms with E-state index in [1.165, 1.54) is 43.6 Å². The molecule has 1 saturated heterocycles. The number of hydrogen-bond donors (Lipinski definition) is 3. The summed E-state index contributed by atoms with van der Waals surface area (Å²) >= 11 is 1.69. The van der Waals surface area contributed by atoms with E-state index in [4.69, 9.17) is 0 Å². The second kappa shape index (κ2) is 11.7. The average Bonchev–Trinajstić information content (AvgIpc) is 3.08. The molecular formula is C19H31IN6S. The first-order chi connectivity index (χ1) is 12.8. The summed E-state index contributed by atoms with van der Waals surface area (Å²) in [5.41, 5.74) is 1.06. The van der Waals surface area contributed by atoms with Crippen molar-refractivity contribution in [3.63, 3.8) is 0 Å². The Morgan fingerprint density at radius 3 is 2.74 bits per heavy atom. The van der Waals surface area contributed by atoms with Crippen LogP contribution in [0.2, 0.25) is 0 Å². The Morgan fingerprint density at radius 1 is 1.26 bits per heavy atom. The highest BCUT2D eigenvalue weighted by Gasteiger charge is 2.19. The fourth-order valence-corrected chi connectivity index (χ4v) is 4.19. The molecule has 0 aliphatic carbocycles. The largest absolute Gasteiger partial charge is 0.360 e. The van der Waals surface area contributed by atoms with E-state index < -0.39 is 0 Å². The Balaban J connectivity index is 0.00000261. The van der Waals surface area contributed by atoms with Crippen LogP contribution in [0, 0.1) is 0 Å². The van der Waals surface area contributed by atoms with Crippen molar-refractivity contribution in [1.29, 1.82) is 0 Å². The standard InChI is InChI=1S/C19H30N6S.HI/c1-3-12-25-13-8-15(9-14-25)23-18(20-2)21-10-11-22-19-24-16-6-4-5-7-17(16)26-19;/h4-7,15H,3,8-14H2,1-2H3,(H,22,24)(H2,20,21,23);1H. The normalized spacial score (nSPS) is 16.1. The van der Waals surface area contributed by atoms with Crippen LogP contribution in [-0.4, -0.2) is 61.7 Å². The van der Waals surface area contributed by atoms with Crippen LogP contribution < -0.4 is 16.0 Å². The topological polar surface area (TPSA) is 64.6 Å². The number of benzene rings is 1. The van der Waals surface area contributed by atoms with Gasteiger partial charge in [0.15, 0.2) is 11.1 Å². The van der Waals surface area contributed by atoms with Gasteiger partial charge in [-0.1, -0.05) is 30.4 Å². The van der Waals surface area contributed by atoms with Crippen LogP contribution in [-0.2, 0) is 0 Å². The van der Waals surface area contributed by atoms with Crippen molar-refractivity contribution in [1.82, 2.24) is 20.5 Å². The number of para-hydroxylation sites is 1. The first-order valence-electron chi connectivity index (χ1n) is 9.57. The highest BCUT2D eigenvalue weighted by Crippen LogP contribution is 2.24. The van der Waals surface area contributed by atoms with E-state index >= 15 is 0 Å². The number of aromatic nitrogens is 1. The Bertz CT molecular complexity index is 678. The third kappa shape index (κ3) is 6.76. The molecule has 2 aromatic rings. The quantitative estimate of drug-likeness (QED) is 0.235. The summed E-state index contributed by atoms with van der Waals surface area (Å²) in [5, 5.41) is 11.3. The third-order valence-electron chi connectivity index (χ3n) is 4.68. The maximum atomic E-state index is 4.59. The number of halogens is 1. The van der Waals surface area contributed by atoms with E-state index in [-0.39, 0.29) is 24.0 Å². The van der Waals surface area contributed by atoms with Crippen LogP contribution >= 0.6 is 35.3 Å². The summed E-state index contributed by atoms with van der Waals surface area (Å²) in [7, 11) is 1.84. The molecule has 6 nitrogen and oxygen atoms in total. The van der Waals surface area contributed by atoms with Crippen LogP contribution in [0.1, 0.15) is 26.2 Å². The van der Waals surface area contributed by atoms with E-state index in [0.717, 1.165) is 29.7 Å². The molecule has 0 spiro atoms. The van der Waals surface area contributed by atoms with Gasteiger partial charge in [-0.3, -0.25) is 4.99 Å². The van der Waals surface area contributed by atoms with Crippen molar-refractivity contribution < 1.29 is 0 Å². The molecule has 3 N–H and O–H groups in total. The first-order valence-corrected chi connectivity index (χ1v) is 10.4. The highest BCUT2D eigenvalue weighted by molar-refractivity contribution is 14.0. The van der Waals surface area contributed by atoms with Crippen LogP contribution in [0.15, 0.2) is 29.3 Å². The van der Waals surface area contributed by atoms with Crippen molar-refractivity contribution in [3.8, 4) is 0 Å². The van der Waals surface area contributed by atoms with Gasteiger partial charge in [-0.2, -0.15) is 0 Å². The van der Waals surface area contributed by atoms with Crippen LogP contribution in [0.3, 0.4) is 0 Å². The Hall–Kier alpha value is -1.13. The molecule has 8 heteroatoms. The predicted octanol–water partition coefficient (Wildman–Crippen LogP) is 3.37. The Morgan fingerprint density at radius 2 is 2.04 bits per heavy atom. The minimum absolute atomic E-state index is 0. The smallest absolute Gasteiger partial charge is 0.191 e. The third-order valence-corrected chi connectivity index (χ3v) is 5.67. The molecule has 1 fully saturated rings. The van der Waals surface area contributed by atoms with Crippen molar-refractivity contribution in [2.24, 2.45) is 4.99 Å². The summed E-state index contributed by atoms with van der Waals surface area (Å²) in [6.45, 7) is 7.46. The number of aliphatic imine (C=N–C) groups is 1. The second-order valence-electron chi connectivity index (χ2n) is 6.67. The lowest BCUT2D eigenvalue weighted by atomic mass is 10.1. The van der Waals surface area contributed by atoms with Crippen molar-refractivity contribution in [2.75, 3.05) is 45.1 Å². The van der Waals surface area contributed by atoms with Gasteiger partial charge in [0, 0.05) is 39.3 Å². The maximum Gasteiger partial charge on any atom is 0.191 e. The monoisotopic (exact) mass is 502 g/mol. The number of likely N-dealkylation sites (tertiary alicyclic amines) is 1. The molecule has 1 aliphatic rings. The Labute approximate surface area is 183 Å². The number of anilines is 1. The van der Waals surface area contributed by atoms with Gasteiger partial charge < -0.3 is 20.9 Å². The molecule has 3 rings (SSSR count). The zero-order chi connectivity index (χ0) is 18.2. The summed E-state index contributed by atoms with van der Waals surface area (Å²) in [4.78, 5) is 11.5. The van der Waals surface area contributed by atoms with Gasteiger partial charge in [0.05, 0.1) is 10.2 Å². The molecule has 0 radical (unpaired) electrons. The predicted molar refractivity (Wildman–Crippen MR) is 128 cm³/mol. The lowest BCUT2D eigenvalue weighted by Gasteiger charge is -2.32. The maximum absolute atomic E-state index is 4.59. The van der Waals surface area contributed by atoms with Crippen molar-refractivity contribution in [2.45, 2.75) is 32.2 Å². The minimum Gasteiger partial charge on any atom is -0.360 e. The van der Waals surface area contributed by atoms with E-state index in [1.54, 1.807) is 11.3 Å². The molecule has 150 valence electrons. The zero-order valence-corrected chi connectivity index (χ0v) is 19.3. The SMILES string of the molecule is CCCN1CCC(NC(=NC)NCCNc2nc3ccccc3s2)CC1.I.